The smallest absolute Gasteiger partial charge is 0.153 e. The first-order valence-electron chi connectivity index (χ1n) is 12.9. The maximum atomic E-state index is 15.0. The Kier molecular flexibility index (Phi) is 8.67. The summed E-state index contributed by atoms with van der Waals surface area (Å²) < 4.78 is 20.6. The molecule has 3 aromatic rings. The molecule has 1 aliphatic rings. The molecular weight excluding hydrogens is 443 g/mol. The maximum Gasteiger partial charge on any atom is 0.153 e. The van der Waals surface area contributed by atoms with Crippen LogP contribution in [0.2, 0.25) is 5.02 Å². The first kappa shape index (κ1) is 24.8. The SMILES string of the molecule is CCCCOc1ccc(-c2ccc(-c3ccc(C4CCC(CCC)CC4)cc3)cc2)c(F)c1Cl. The van der Waals surface area contributed by atoms with E-state index in [1.807, 2.05) is 12.1 Å². The Balaban J connectivity index is 1.43. The molecule has 0 spiro atoms. The van der Waals surface area contributed by atoms with E-state index >= 15 is 0 Å². The Morgan fingerprint density at radius 1 is 0.794 bits per heavy atom. The minimum Gasteiger partial charge on any atom is -0.492 e. The van der Waals surface area contributed by atoms with Crippen molar-refractivity contribution in [1.82, 2.24) is 0 Å². The fourth-order valence-corrected chi connectivity index (χ4v) is 5.39. The second-order valence-corrected chi connectivity index (χ2v) is 10.0. The molecule has 0 aliphatic heterocycles. The molecule has 0 N–H and O–H groups in total. The highest BCUT2D eigenvalue weighted by Gasteiger charge is 2.21. The van der Waals surface area contributed by atoms with Gasteiger partial charge in [-0.2, -0.15) is 0 Å². The Morgan fingerprint density at radius 3 is 2.03 bits per heavy atom. The second kappa shape index (κ2) is 11.9. The van der Waals surface area contributed by atoms with E-state index in [0.29, 0.717) is 23.8 Å². The van der Waals surface area contributed by atoms with Crippen LogP contribution in [0.4, 0.5) is 4.39 Å². The molecule has 0 saturated heterocycles. The van der Waals surface area contributed by atoms with Crippen LogP contribution in [-0.2, 0) is 0 Å². The van der Waals surface area contributed by atoms with Gasteiger partial charge in [0.15, 0.2) is 5.82 Å². The minimum absolute atomic E-state index is 0.0528. The van der Waals surface area contributed by atoms with Crippen LogP contribution >= 0.6 is 11.6 Å². The summed E-state index contributed by atoms with van der Waals surface area (Å²) in [5.41, 5.74) is 5.09. The van der Waals surface area contributed by atoms with E-state index in [4.69, 9.17) is 16.3 Å². The minimum atomic E-state index is -0.429. The van der Waals surface area contributed by atoms with Gasteiger partial charge in [-0.25, -0.2) is 4.39 Å². The van der Waals surface area contributed by atoms with E-state index in [0.717, 1.165) is 29.9 Å². The zero-order chi connectivity index (χ0) is 23.9. The Labute approximate surface area is 209 Å². The van der Waals surface area contributed by atoms with E-state index in [1.165, 1.54) is 49.7 Å². The molecule has 4 rings (SSSR count). The van der Waals surface area contributed by atoms with Crippen LogP contribution in [-0.4, -0.2) is 6.61 Å². The number of halogens is 2. The standard InChI is InChI=1S/C31H36ClFO/c1-3-5-21-34-29-20-19-28(31(33)30(29)32)27-17-15-26(16-18-27)25-13-11-24(12-14-25)23-9-7-22(6-4-2)8-10-23/h11-20,22-23H,3-10,21H2,1-2H3. The van der Waals surface area contributed by atoms with E-state index in [-0.39, 0.29) is 5.02 Å². The molecule has 180 valence electrons. The van der Waals surface area contributed by atoms with Gasteiger partial charge in [0, 0.05) is 5.56 Å². The lowest BCUT2D eigenvalue weighted by Crippen LogP contribution is -2.13. The highest BCUT2D eigenvalue weighted by atomic mass is 35.5. The van der Waals surface area contributed by atoms with Crippen LogP contribution in [0.25, 0.3) is 22.3 Å². The molecule has 0 bridgehead atoms. The number of hydrogen-bond acceptors (Lipinski definition) is 1. The monoisotopic (exact) mass is 478 g/mol. The number of hydrogen-bond donors (Lipinski definition) is 0. The van der Waals surface area contributed by atoms with Gasteiger partial charge in [-0.3, -0.25) is 0 Å². The highest BCUT2D eigenvalue weighted by molar-refractivity contribution is 6.32. The van der Waals surface area contributed by atoms with E-state index < -0.39 is 5.82 Å². The fraction of sp³-hybridized carbons (Fsp3) is 0.419. The van der Waals surface area contributed by atoms with Gasteiger partial charge < -0.3 is 4.74 Å². The van der Waals surface area contributed by atoms with Gasteiger partial charge in [0.05, 0.1) is 6.61 Å². The van der Waals surface area contributed by atoms with Crippen molar-refractivity contribution in [2.75, 3.05) is 6.61 Å². The molecule has 0 radical (unpaired) electrons. The van der Waals surface area contributed by atoms with Crippen LogP contribution in [0.5, 0.6) is 5.75 Å². The normalized spacial score (nSPS) is 18.1. The number of unbranched alkanes of at least 4 members (excludes halogenated alkanes) is 1. The quantitative estimate of drug-likeness (QED) is 0.278. The van der Waals surface area contributed by atoms with Gasteiger partial charge in [0.25, 0.3) is 0 Å². The number of ether oxygens (including phenoxy) is 1. The lowest BCUT2D eigenvalue weighted by molar-refractivity contribution is 0.308. The topological polar surface area (TPSA) is 9.23 Å². The zero-order valence-electron chi connectivity index (χ0n) is 20.5. The predicted octanol–water partition coefficient (Wildman–Crippen LogP) is 10.1. The molecule has 0 aromatic heterocycles. The van der Waals surface area contributed by atoms with Crippen LogP contribution in [0.15, 0.2) is 60.7 Å². The summed E-state index contributed by atoms with van der Waals surface area (Å²) in [7, 11) is 0. The summed E-state index contributed by atoms with van der Waals surface area (Å²) in [4.78, 5) is 0. The lowest BCUT2D eigenvalue weighted by atomic mass is 9.77. The van der Waals surface area contributed by atoms with Crippen molar-refractivity contribution in [3.05, 3.63) is 77.1 Å². The Morgan fingerprint density at radius 2 is 1.41 bits per heavy atom. The first-order chi connectivity index (χ1) is 16.6. The van der Waals surface area contributed by atoms with E-state index in [2.05, 4.69) is 50.2 Å². The molecule has 0 amide bonds. The molecule has 0 atom stereocenters. The van der Waals surface area contributed by atoms with Crippen molar-refractivity contribution in [3.63, 3.8) is 0 Å². The fourth-order valence-electron chi connectivity index (χ4n) is 5.18. The predicted molar refractivity (Wildman–Crippen MR) is 142 cm³/mol. The van der Waals surface area contributed by atoms with Gasteiger partial charge in [-0.05, 0) is 78.3 Å². The average molecular weight is 479 g/mol. The van der Waals surface area contributed by atoms with E-state index in [1.54, 1.807) is 12.1 Å². The summed E-state index contributed by atoms with van der Waals surface area (Å²) >= 11 is 6.26. The third-order valence-electron chi connectivity index (χ3n) is 7.26. The molecule has 0 unspecified atom stereocenters. The van der Waals surface area contributed by atoms with Gasteiger partial charge >= 0.3 is 0 Å². The first-order valence-corrected chi connectivity index (χ1v) is 13.3. The molecule has 0 heterocycles. The van der Waals surface area contributed by atoms with Crippen molar-refractivity contribution < 1.29 is 9.13 Å². The maximum absolute atomic E-state index is 15.0. The van der Waals surface area contributed by atoms with Crippen LogP contribution in [0.3, 0.4) is 0 Å². The molecular formula is C31H36ClFO. The molecule has 1 fully saturated rings. The number of benzene rings is 3. The molecule has 1 aliphatic carbocycles. The van der Waals surface area contributed by atoms with Crippen molar-refractivity contribution in [2.45, 2.75) is 71.1 Å². The van der Waals surface area contributed by atoms with E-state index in [9.17, 15) is 4.39 Å². The van der Waals surface area contributed by atoms with Gasteiger partial charge in [0.2, 0.25) is 0 Å². The molecule has 1 saturated carbocycles. The Bertz CT molecular complexity index is 1050. The molecule has 3 aromatic carbocycles. The number of rotatable bonds is 9. The van der Waals surface area contributed by atoms with Crippen molar-refractivity contribution >= 4 is 11.6 Å². The van der Waals surface area contributed by atoms with Crippen molar-refractivity contribution in [3.8, 4) is 28.0 Å². The average Bonchev–Trinajstić information content (AvgIpc) is 2.88. The summed E-state index contributed by atoms with van der Waals surface area (Å²) in [5.74, 6) is 1.61. The van der Waals surface area contributed by atoms with Crippen LogP contribution in [0.1, 0.15) is 76.7 Å². The highest BCUT2D eigenvalue weighted by Crippen LogP contribution is 2.38. The summed E-state index contributed by atoms with van der Waals surface area (Å²) in [6.07, 6.45) is 10.00. The van der Waals surface area contributed by atoms with Crippen molar-refractivity contribution in [1.29, 1.82) is 0 Å². The van der Waals surface area contributed by atoms with Gasteiger partial charge in [-0.15, -0.1) is 0 Å². The third kappa shape index (κ3) is 5.84. The zero-order valence-corrected chi connectivity index (χ0v) is 21.2. The van der Waals surface area contributed by atoms with Gasteiger partial charge in [0.1, 0.15) is 10.8 Å². The van der Waals surface area contributed by atoms with Crippen LogP contribution < -0.4 is 4.74 Å². The lowest BCUT2D eigenvalue weighted by Gasteiger charge is -2.28. The molecule has 3 heteroatoms. The summed E-state index contributed by atoms with van der Waals surface area (Å²) in [6.45, 7) is 4.93. The van der Waals surface area contributed by atoms with Crippen molar-refractivity contribution in [2.24, 2.45) is 5.92 Å². The largest absolute Gasteiger partial charge is 0.492 e. The van der Waals surface area contributed by atoms with Crippen LogP contribution in [0, 0.1) is 11.7 Å². The van der Waals surface area contributed by atoms with Gasteiger partial charge in [-0.1, -0.05) is 93.2 Å². The second-order valence-electron chi connectivity index (χ2n) is 9.65. The molecule has 34 heavy (non-hydrogen) atoms. The summed E-state index contributed by atoms with van der Waals surface area (Å²) in [5, 5.41) is 0.0528. The summed E-state index contributed by atoms with van der Waals surface area (Å²) in [6, 6.07) is 20.6. The third-order valence-corrected chi connectivity index (χ3v) is 7.61. The molecule has 1 nitrogen and oxygen atoms in total. The Hall–Kier alpha value is -2.32.